The largest absolute Gasteiger partial charge is 0.469 e. The molecule has 1 aromatic rings. The van der Waals surface area contributed by atoms with Crippen LogP contribution < -0.4 is 5.73 Å². The summed E-state index contributed by atoms with van der Waals surface area (Å²) in [5.41, 5.74) is 5.25. The van der Waals surface area contributed by atoms with E-state index in [0.29, 0.717) is 19.4 Å². The standard InChI is InChI=1S/C20H32NO5PS/c1-20(21,16-26-27(22,23)24)13-12-19-11-10-18(28-19)9-5-6-14-25-15-17-7-3-2-4-8-17/h10-11,17H,2-4,6-8,12-16,21H2,1H3,(H2,22,23,24). The van der Waals surface area contributed by atoms with Crippen molar-refractivity contribution in [3.63, 3.8) is 0 Å². The lowest BCUT2D eigenvalue weighted by Crippen LogP contribution is -2.41. The van der Waals surface area contributed by atoms with Gasteiger partial charge in [0.15, 0.2) is 0 Å². The van der Waals surface area contributed by atoms with Crippen molar-refractivity contribution in [2.24, 2.45) is 11.7 Å². The zero-order valence-electron chi connectivity index (χ0n) is 16.6. The van der Waals surface area contributed by atoms with Crippen molar-refractivity contribution >= 4 is 19.2 Å². The Balaban J connectivity index is 1.65. The smallest absolute Gasteiger partial charge is 0.380 e. The minimum atomic E-state index is -4.49. The average molecular weight is 430 g/mol. The third kappa shape index (κ3) is 10.2. The normalized spacial score (nSPS) is 17.7. The number of aryl methyl sites for hydroxylation is 1. The minimum absolute atomic E-state index is 0.184. The molecule has 0 spiro atoms. The molecule has 1 fully saturated rings. The van der Waals surface area contributed by atoms with Crippen molar-refractivity contribution in [3.8, 4) is 11.8 Å². The van der Waals surface area contributed by atoms with Gasteiger partial charge in [-0.2, -0.15) is 0 Å². The minimum Gasteiger partial charge on any atom is -0.380 e. The first-order valence-corrected chi connectivity index (χ1v) is 12.2. The van der Waals surface area contributed by atoms with Gasteiger partial charge in [-0.25, -0.2) is 4.57 Å². The molecule has 0 aliphatic heterocycles. The molecule has 0 saturated heterocycles. The van der Waals surface area contributed by atoms with Crippen molar-refractivity contribution in [3.05, 3.63) is 21.9 Å². The summed E-state index contributed by atoms with van der Waals surface area (Å²) in [4.78, 5) is 19.7. The van der Waals surface area contributed by atoms with Crippen LogP contribution >= 0.6 is 19.2 Å². The molecule has 28 heavy (non-hydrogen) atoms. The number of rotatable bonds is 10. The summed E-state index contributed by atoms with van der Waals surface area (Å²) in [6.07, 6.45) is 8.68. The summed E-state index contributed by atoms with van der Waals surface area (Å²) in [5, 5.41) is 0. The van der Waals surface area contributed by atoms with Gasteiger partial charge in [-0.1, -0.05) is 31.1 Å². The summed E-state index contributed by atoms with van der Waals surface area (Å²) < 4.78 is 21.1. The van der Waals surface area contributed by atoms with Crippen molar-refractivity contribution in [2.45, 2.75) is 63.8 Å². The van der Waals surface area contributed by atoms with Crippen molar-refractivity contribution in [1.29, 1.82) is 0 Å². The van der Waals surface area contributed by atoms with E-state index in [0.717, 1.165) is 28.7 Å². The monoisotopic (exact) mass is 429 g/mol. The second-order valence-corrected chi connectivity index (χ2v) is 10.2. The number of phosphoric ester groups is 1. The van der Waals surface area contributed by atoms with Crippen LogP contribution in [0, 0.1) is 17.8 Å². The highest BCUT2D eigenvalue weighted by atomic mass is 32.1. The van der Waals surface area contributed by atoms with Gasteiger partial charge in [0.2, 0.25) is 0 Å². The van der Waals surface area contributed by atoms with Crippen LogP contribution in [0.4, 0.5) is 0 Å². The first kappa shape index (κ1) is 23.6. The van der Waals surface area contributed by atoms with Crippen LogP contribution in [0.2, 0.25) is 0 Å². The fourth-order valence-corrected chi connectivity index (χ4v) is 4.51. The molecule has 1 aromatic heterocycles. The molecular formula is C20H32NO5PS. The molecule has 8 heteroatoms. The molecule has 1 heterocycles. The van der Waals surface area contributed by atoms with Crippen molar-refractivity contribution in [1.82, 2.24) is 0 Å². The van der Waals surface area contributed by atoms with Gasteiger partial charge >= 0.3 is 7.82 Å². The lowest BCUT2D eigenvalue weighted by molar-refractivity contribution is 0.0894. The van der Waals surface area contributed by atoms with E-state index in [1.807, 2.05) is 12.1 Å². The molecule has 1 unspecified atom stereocenters. The predicted octanol–water partition coefficient (Wildman–Crippen LogP) is 3.85. The summed E-state index contributed by atoms with van der Waals surface area (Å²) in [6, 6.07) is 4.02. The van der Waals surface area contributed by atoms with Gasteiger partial charge in [0.05, 0.1) is 18.1 Å². The third-order valence-corrected chi connectivity index (χ3v) is 6.35. The topological polar surface area (TPSA) is 102 Å². The predicted molar refractivity (Wildman–Crippen MR) is 112 cm³/mol. The number of thiophene rings is 1. The number of nitrogens with two attached hydrogens (primary N) is 1. The van der Waals surface area contributed by atoms with Crippen LogP contribution in [-0.4, -0.2) is 35.1 Å². The molecule has 0 aromatic carbocycles. The zero-order chi connectivity index (χ0) is 20.5. The highest BCUT2D eigenvalue weighted by Gasteiger charge is 2.24. The van der Waals surface area contributed by atoms with E-state index in [-0.39, 0.29) is 6.61 Å². The fraction of sp³-hybridized carbons (Fsp3) is 0.700. The van der Waals surface area contributed by atoms with Gasteiger partial charge in [-0.15, -0.1) is 11.3 Å². The summed E-state index contributed by atoms with van der Waals surface area (Å²) >= 11 is 1.62. The Morgan fingerprint density at radius 3 is 2.79 bits per heavy atom. The van der Waals surface area contributed by atoms with Gasteiger partial charge < -0.3 is 20.3 Å². The Labute approximate surface area is 172 Å². The number of phosphoric acid groups is 1. The average Bonchev–Trinajstić information content (AvgIpc) is 3.10. The van der Waals surface area contributed by atoms with Crippen LogP contribution in [0.3, 0.4) is 0 Å². The van der Waals surface area contributed by atoms with E-state index in [9.17, 15) is 4.57 Å². The zero-order valence-corrected chi connectivity index (χ0v) is 18.3. The van der Waals surface area contributed by atoms with E-state index < -0.39 is 13.4 Å². The second-order valence-electron chi connectivity index (χ2n) is 7.81. The lowest BCUT2D eigenvalue weighted by atomic mass is 9.90. The highest BCUT2D eigenvalue weighted by Crippen LogP contribution is 2.37. The van der Waals surface area contributed by atoms with Crippen LogP contribution in [0.15, 0.2) is 12.1 Å². The Bertz CT molecular complexity index is 697. The Kier molecular flexibility index (Phi) is 9.65. The molecule has 6 nitrogen and oxygen atoms in total. The molecule has 0 bridgehead atoms. The van der Waals surface area contributed by atoms with Gasteiger partial charge in [0.1, 0.15) is 0 Å². The van der Waals surface area contributed by atoms with E-state index in [1.165, 1.54) is 32.1 Å². The quantitative estimate of drug-likeness (QED) is 0.297. The van der Waals surface area contributed by atoms with Gasteiger partial charge in [0, 0.05) is 23.4 Å². The molecule has 158 valence electrons. The first-order valence-electron chi connectivity index (χ1n) is 9.88. The molecule has 4 N–H and O–H groups in total. The first-order chi connectivity index (χ1) is 13.2. The van der Waals surface area contributed by atoms with Gasteiger partial charge in [-0.3, -0.25) is 4.52 Å². The van der Waals surface area contributed by atoms with Crippen molar-refractivity contribution in [2.75, 3.05) is 19.8 Å². The maximum absolute atomic E-state index is 10.8. The second kappa shape index (κ2) is 11.5. The van der Waals surface area contributed by atoms with Gasteiger partial charge in [-0.05, 0) is 50.7 Å². The molecule has 1 atom stereocenters. The molecule has 1 saturated carbocycles. The maximum Gasteiger partial charge on any atom is 0.469 e. The van der Waals surface area contributed by atoms with E-state index in [2.05, 4.69) is 16.4 Å². The lowest BCUT2D eigenvalue weighted by Gasteiger charge is -2.24. The van der Waals surface area contributed by atoms with Crippen LogP contribution in [-0.2, 0) is 20.2 Å². The molecular weight excluding hydrogens is 397 g/mol. The summed E-state index contributed by atoms with van der Waals surface area (Å²) in [7, 11) is -4.49. The SMILES string of the molecule is CC(N)(CCc1ccc(C#CCCOCC2CCCCC2)s1)COP(=O)(O)O. The fourth-order valence-electron chi connectivity index (χ4n) is 3.17. The van der Waals surface area contributed by atoms with Gasteiger partial charge in [0.25, 0.3) is 0 Å². The van der Waals surface area contributed by atoms with E-state index >= 15 is 0 Å². The Hall–Kier alpha value is -0.710. The number of hydrogen-bond acceptors (Lipinski definition) is 5. The van der Waals surface area contributed by atoms with E-state index in [1.54, 1.807) is 18.3 Å². The summed E-state index contributed by atoms with van der Waals surface area (Å²) in [5.74, 6) is 7.08. The molecule has 0 radical (unpaired) electrons. The van der Waals surface area contributed by atoms with Crippen LogP contribution in [0.5, 0.6) is 0 Å². The van der Waals surface area contributed by atoms with Crippen molar-refractivity contribution < 1.29 is 23.6 Å². The Morgan fingerprint density at radius 1 is 1.32 bits per heavy atom. The molecule has 1 aliphatic carbocycles. The molecule has 0 amide bonds. The summed E-state index contributed by atoms with van der Waals surface area (Å²) in [6.45, 7) is 3.10. The highest BCUT2D eigenvalue weighted by molar-refractivity contribution is 7.46. The van der Waals surface area contributed by atoms with Crippen LogP contribution in [0.1, 0.15) is 61.6 Å². The third-order valence-electron chi connectivity index (χ3n) is 4.83. The molecule has 2 rings (SSSR count). The number of hydrogen-bond donors (Lipinski definition) is 3. The molecule has 1 aliphatic rings. The van der Waals surface area contributed by atoms with Crippen LogP contribution in [0.25, 0.3) is 0 Å². The number of ether oxygens (including phenoxy) is 1. The Morgan fingerprint density at radius 2 is 2.07 bits per heavy atom. The van der Waals surface area contributed by atoms with E-state index in [4.69, 9.17) is 20.3 Å². The maximum atomic E-state index is 10.8.